The maximum atomic E-state index is 12.7. The molecular formula is C20H24Cl2N4O2. The van der Waals surface area contributed by atoms with Crippen LogP contribution in [-0.4, -0.2) is 22.5 Å². The summed E-state index contributed by atoms with van der Waals surface area (Å²) in [5.41, 5.74) is 8.33. The number of aromatic nitrogens is 2. The van der Waals surface area contributed by atoms with E-state index in [9.17, 15) is 4.79 Å². The minimum atomic E-state index is -1.12. The van der Waals surface area contributed by atoms with Crippen molar-refractivity contribution < 1.29 is 9.53 Å². The number of nitrogens with zero attached hydrogens (tertiary/aromatic N) is 1. The Hall–Kier alpha value is -2.12. The van der Waals surface area contributed by atoms with Gasteiger partial charge < -0.3 is 20.8 Å². The molecule has 1 aromatic heterocycles. The molecule has 3 aromatic rings. The third-order valence-corrected chi connectivity index (χ3v) is 4.84. The number of fused-ring (bicyclic) bond motifs is 1. The molecule has 6 nitrogen and oxygen atoms in total. The predicted octanol–water partition coefficient (Wildman–Crippen LogP) is 4.07. The summed E-state index contributed by atoms with van der Waals surface area (Å²) in [5.74, 6) is 0.579. The van der Waals surface area contributed by atoms with Crippen LogP contribution in [0.2, 0.25) is 0 Å². The van der Waals surface area contributed by atoms with Crippen LogP contribution in [0.25, 0.3) is 11.0 Å². The van der Waals surface area contributed by atoms with Gasteiger partial charge in [0.15, 0.2) is 0 Å². The number of nitrogens with two attached hydrogens (primary N) is 1. The number of ether oxygens (including phenoxy) is 1. The van der Waals surface area contributed by atoms with Gasteiger partial charge in [-0.15, -0.1) is 24.8 Å². The Bertz CT molecular complexity index is 938. The second-order valence-electron chi connectivity index (χ2n) is 6.88. The first-order chi connectivity index (χ1) is 12.5. The number of amides is 1. The van der Waals surface area contributed by atoms with E-state index in [4.69, 9.17) is 10.5 Å². The van der Waals surface area contributed by atoms with Gasteiger partial charge in [0, 0.05) is 12.3 Å². The number of benzene rings is 2. The molecule has 4 N–H and O–H groups in total. The molecule has 1 aliphatic rings. The topological polar surface area (TPSA) is 93.0 Å². The maximum absolute atomic E-state index is 12.7. The van der Waals surface area contributed by atoms with E-state index < -0.39 is 5.54 Å². The van der Waals surface area contributed by atoms with Crippen LogP contribution < -0.4 is 11.1 Å². The van der Waals surface area contributed by atoms with Gasteiger partial charge in [0.2, 0.25) is 5.91 Å². The van der Waals surface area contributed by atoms with Gasteiger partial charge in [-0.2, -0.15) is 0 Å². The molecule has 8 heteroatoms. The number of aromatic amines is 1. The zero-order valence-corrected chi connectivity index (χ0v) is 17.1. The normalized spacial score (nSPS) is 18.0. The molecule has 1 saturated heterocycles. The summed E-state index contributed by atoms with van der Waals surface area (Å²) in [7, 11) is 0. The maximum Gasteiger partial charge on any atom is 0.248 e. The molecule has 1 fully saturated rings. The van der Waals surface area contributed by atoms with Crippen LogP contribution in [0, 0.1) is 0 Å². The lowest BCUT2D eigenvalue weighted by Crippen LogP contribution is -2.45. The van der Waals surface area contributed by atoms with Crippen molar-refractivity contribution in [2.75, 3.05) is 11.9 Å². The van der Waals surface area contributed by atoms with Crippen molar-refractivity contribution in [1.82, 2.24) is 9.97 Å². The standard InChI is InChI=1S/C20H22N4O2.2ClH/c1-20(21,13-6-3-2-4-7-13)19(25)22-14-9-10-15-16(12-14)24-18(23-15)17-8-5-11-26-17;;/h2-4,6-7,9-10,12,17H,5,8,11,21H2,1H3,(H,22,25)(H,23,24);2*1H. The van der Waals surface area contributed by atoms with Crippen molar-refractivity contribution in [3.63, 3.8) is 0 Å². The number of rotatable bonds is 4. The van der Waals surface area contributed by atoms with Gasteiger partial charge in [0.05, 0.1) is 11.0 Å². The third-order valence-electron chi connectivity index (χ3n) is 4.84. The summed E-state index contributed by atoms with van der Waals surface area (Å²) >= 11 is 0. The van der Waals surface area contributed by atoms with E-state index in [1.165, 1.54) is 0 Å². The van der Waals surface area contributed by atoms with Gasteiger partial charge in [0.1, 0.15) is 17.5 Å². The van der Waals surface area contributed by atoms with Gasteiger partial charge in [-0.05, 0) is 43.5 Å². The zero-order valence-electron chi connectivity index (χ0n) is 15.5. The Morgan fingerprint density at radius 1 is 1.25 bits per heavy atom. The molecule has 0 aliphatic carbocycles. The quantitative estimate of drug-likeness (QED) is 0.590. The van der Waals surface area contributed by atoms with Gasteiger partial charge in [-0.25, -0.2) is 4.98 Å². The average molecular weight is 423 g/mol. The molecule has 28 heavy (non-hydrogen) atoms. The van der Waals surface area contributed by atoms with Crippen molar-refractivity contribution >= 4 is 47.4 Å². The minimum absolute atomic E-state index is 0. The highest BCUT2D eigenvalue weighted by atomic mass is 35.5. The molecule has 2 unspecified atom stereocenters. The van der Waals surface area contributed by atoms with Crippen LogP contribution in [0.1, 0.15) is 37.3 Å². The molecule has 0 bridgehead atoms. The number of carbonyl (C=O) groups excluding carboxylic acids is 1. The highest BCUT2D eigenvalue weighted by Crippen LogP contribution is 2.29. The Balaban J connectivity index is 0.00000140. The van der Waals surface area contributed by atoms with E-state index in [2.05, 4.69) is 15.3 Å². The fourth-order valence-electron chi connectivity index (χ4n) is 3.23. The number of halogens is 2. The first-order valence-corrected chi connectivity index (χ1v) is 8.81. The van der Waals surface area contributed by atoms with Crippen LogP contribution in [-0.2, 0) is 15.1 Å². The number of carbonyl (C=O) groups is 1. The first-order valence-electron chi connectivity index (χ1n) is 8.81. The van der Waals surface area contributed by atoms with Crippen LogP contribution in [0.5, 0.6) is 0 Å². The molecule has 4 rings (SSSR count). The molecule has 1 aliphatic heterocycles. The monoisotopic (exact) mass is 422 g/mol. The minimum Gasteiger partial charge on any atom is -0.370 e. The molecule has 0 saturated carbocycles. The lowest BCUT2D eigenvalue weighted by Gasteiger charge is -2.24. The van der Waals surface area contributed by atoms with Crippen molar-refractivity contribution in [2.45, 2.75) is 31.4 Å². The second-order valence-corrected chi connectivity index (χ2v) is 6.88. The predicted molar refractivity (Wildman–Crippen MR) is 115 cm³/mol. The van der Waals surface area contributed by atoms with Gasteiger partial charge in [-0.3, -0.25) is 4.79 Å². The Labute approximate surface area is 176 Å². The SMILES string of the molecule is CC(N)(C(=O)Nc1ccc2nc(C3CCCO3)[nH]c2c1)c1ccccc1.Cl.Cl. The molecule has 2 atom stereocenters. The highest BCUT2D eigenvalue weighted by molar-refractivity contribution is 5.99. The van der Waals surface area contributed by atoms with E-state index in [0.29, 0.717) is 5.69 Å². The van der Waals surface area contributed by atoms with E-state index >= 15 is 0 Å². The molecule has 150 valence electrons. The van der Waals surface area contributed by atoms with Crippen LogP contribution in [0.15, 0.2) is 48.5 Å². The summed E-state index contributed by atoms with van der Waals surface area (Å²) in [6, 6.07) is 14.9. The number of nitrogens with one attached hydrogen (secondary N) is 2. The molecule has 1 amide bonds. The Morgan fingerprint density at radius 3 is 2.68 bits per heavy atom. The molecule has 2 heterocycles. The van der Waals surface area contributed by atoms with E-state index in [1.54, 1.807) is 6.92 Å². The van der Waals surface area contributed by atoms with Crippen molar-refractivity contribution in [3.05, 3.63) is 59.9 Å². The summed E-state index contributed by atoms with van der Waals surface area (Å²) in [6.07, 6.45) is 2.06. The molecular weight excluding hydrogens is 399 g/mol. The highest BCUT2D eigenvalue weighted by Gasteiger charge is 2.30. The van der Waals surface area contributed by atoms with E-state index in [-0.39, 0.29) is 36.8 Å². The Morgan fingerprint density at radius 2 is 2.00 bits per heavy atom. The smallest absolute Gasteiger partial charge is 0.248 e. The third kappa shape index (κ3) is 4.31. The molecule has 0 radical (unpaired) electrons. The van der Waals surface area contributed by atoms with Crippen molar-refractivity contribution in [1.29, 1.82) is 0 Å². The summed E-state index contributed by atoms with van der Waals surface area (Å²) in [5, 5.41) is 2.91. The molecule has 2 aromatic carbocycles. The zero-order chi connectivity index (χ0) is 18.1. The van der Waals surface area contributed by atoms with E-state index in [1.807, 2.05) is 48.5 Å². The van der Waals surface area contributed by atoms with Gasteiger partial charge >= 0.3 is 0 Å². The first kappa shape index (κ1) is 22.2. The summed E-state index contributed by atoms with van der Waals surface area (Å²) < 4.78 is 5.68. The van der Waals surface area contributed by atoms with Crippen molar-refractivity contribution in [3.8, 4) is 0 Å². The Kier molecular flexibility index (Phi) is 7.06. The van der Waals surface area contributed by atoms with Crippen LogP contribution in [0.4, 0.5) is 5.69 Å². The van der Waals surface area contributed by atoms with Gasteiger partial charge in [0.25, 0.3) is 0 Å². The van der Waals surface area contributed by atoms with Crippen molar-refractivity contribution in [2.24, 2.45) is 5.73 Å². The molecule has 0 spiro atoms. The summed E-state index contributed by atoms with van der Waals surface area (Å²) in [4.78, 5) is 20.6. The number of anilines is 1. The number of hydrogen-bond donors (Lipinski definition) is 3. The fourth-order valence-corrected chi connectivity index (χ4v) is 3.23. The lowest BCUT2D eigenvalue weighted by molar-refractivity contribution is -0.120. The summed E-state index contributed by atoms with van der Waals surface area (Å²) in [6.45, 7) is 2.49. The number of imidazole rings is 1. The average Bonchev–Trinajstić information content (AvgIpc) is 3.31. The lowest BCUT2D eigenvalue weighted by atomic mass is 9.92. The fraction of sp³-hybridized carbons (Fsp3) is 0.300. The van der Waals surface area contributed by atoms with Crippen LogP contribution in [0.3, 0.4) is 0 Å². The second kappa shape index (κ2) is 8.92. The van der Waals surface area contributed by atoms with Gasteiger partial charge in [-0.1, -0.05) is 30.3 Å². The van der Waals surface area contributed by atoms with Crippen LogP contribution >= 0.6 is 24.8 Å². The largest absolute Gasteiger partial charge is 0.370 e. The number of hydrogen-bond acceptors (Lipinski definition) is 4. The number of H-pyrrole nitrogens is 1. The van der Waals surface area contributed by atoms with E-state index in [0.717, 1.165) is 41.9 Å².